The summed E-state index contributed by atoms with van der Waals surface area (Å²) in [4.78, 5) is 54.3. The molecule has 0 radical (unpaired) electrons. The lowest BCUT2D eigenvalue weighted by Crippen LogP contribution is -2.54. The monoisotopic (exact) mass is 561 g/mol. The van der Waals surface area contributed by atoms with Crippen LogP contribution in [-0.4, -0.2) is 56.1 Å². The quantitative estimate of drug-likeness (QED) is 0.342. The number of nitrogens with zero attached hydrogens (tertiary/aromatic N) is 2. The molecule has 2 aliphatic rings. The van der Waals surface area contributed by atoms with E-state index in [4.69, 9.17) is 25.8 Å². The minimum atomic E-state index is -0.881. The molecular formula is C29H24ClN3O7. The Labute approximate surface area is 234 Å². The van der Waals surface area contributed by atoms with Gasteiger partial charge in [0.2, 0.25) is 12.5 Å². The van der Waals surface area contributed by atoms with Crippen molar-refractivity contribution in [1.82, 2.24) is 10.2 Å². The number of imide groups is 2. The summed E-state index contributed by atoms with van der Waals surface area (Å²) in [5.74, 6) is -0.831. The summed E-state index contributed by atoms with van der Waals surface area (Å²) >= 11 is 5.96. The summed E-state index contributed by atoms with van der Waals surface area (Å²) in [6, 6.07) is 15.8. The van der Waals surface area contributed by atoms with Gasteiger partial charge < -0.3 is 19.1 Å². The van der Waals surface area contributed by atoms with E-state index >= 15 is 0 Å². The lowest BCUT2D eigenvalue weighted by atomic mass is 9.97. The van der Waals surface area contributed by atoms with Crippen LogP contribution in [0.3, 0.4) is 0 Å². The lowest BCUT2D eigenvalue weighted by Gasteiger charge is -2.26. The highest BCUT2D eigenvalue weighted by Crippen LogP contribution is 2.46. The average Bonchev–Trinajstić information content (AvgIpc) is 3.43. The van der Waals surface area contributed by atoms with Crippen LogP contribution in [0, 0.1) is 0 Å². The standard InChI is InChI=1S/C29H24ClN3O7/c1-32(27(35)17-6-4-3-5-7-17)13-12-18-14-23-25(40-16-39-23)24(38-2)21(18)15-22-26(34)31-29(37)33(28(22)36)20-10-8-19(30)9-11-20/h3-11,14-15H,12-13,16H2,1-2H3,(H,31,34,37)/b22-15-. The van der Waals surface area contributed by atoms with Gasteiger partial charge in [0.25, 0.3) is 17.7 Å². The zero-order valence-corrected chi connectivity index (χ0v) is 22.4. The first kappa shape index (κ1) is 26.8. The number of benzene rings is 3. The van der Waals surface area contributed by atoms with Crippen molar-refractivity contribution in [3.63, 3.8) is 0 Å². The molecule has 3 aromatic rings. The zero-order chi connectivity index (χ0) is 28.4. The molecular weight excluding hydrogens is 538 g/mol. The Morgan fingerprint density at radius 2 is 1.82 bits per heavy atom. The van der Waals surface area contributed by atoms with Gasteiger partial charge in [-0.3, -0.25) is 19.7 Å². The van der Waals surface area contributed by atoms with Gasteiger partial charge in [-0.1, -0.05) is 29.8 Å². The number of carbonyl (C=O) groups excluding carboxylic acids is 4. The van der Waals surface area contributed by atoms with E-state index in [0.29, 0.717) is 46.2 Å². The predicted octanol–water partition coefficient (Wildman–Crippen LogP) is 4.06. The number of hydrogen-bond acceptors (Lipinski definition) is 7. The third kappa shape index (κ3) is 5.08. The molecule has 1 fully saturated rings. The largest absolute Gasteiger partial charge is 0.492 e. The Kier molecular flexibility index (Phi) is 7.43. The second-order valence-corrected chi connectivity index (χ2v) is 9.43. The molecule has 0 atom stereocenters. The molecule has 2 aliphatic heterocycles. The summed E-state index contributed by atoms with van der Waals surface area (Å²) in [5.41, 5.74) is 1.52. The van der Waals surface area contributed by atoms with E-state index in [0.717, 1.165) is 4.90 Å². The first-order valence-corrected chi connectivity index (χ1v) is 12.6. The van der Waals surface area contributed by atoms with Crippen LogP contribution in [-0.2, 0) is 16.0 Å². The van der Waals surface area contributed by atoms with E-state index in [9.17, 15) is 19.2 Å². The van der Waals surface area contributed by atoms with Crippen LogP contribution in [0.2, 0.25) is 5.02 Å². The van der Waals surface area contributed by atoms with E-state index in [1.165, 1.54) is 37.5 Å². The smallest absolute Gasteiger partial charge is 0.335 e. The molecule has 1 N–H and O–H groups in total. The number of ether oxygens (including phenoxy) is 3. The summed E-state index contributed by atoms with van der Waals surface area (Å²) in [5, 5.41) is 2.63. The van der Waals surface area contributed by atoms with Gasteiger partial charge in [-0.25, -0.2) is 9.69 Å². The van der Waals surface area contributed by atoms with Gasteiger partial charge in [0.1, 0.15) is 5.57 Å². The number of carbonyl (C=O) groups is 4. The first-order valence-electron chi connectivity index (χ1n) is 12.3. The maximum Gasteiger partial charge on any atom is 0.335 e. The predicted molar refractivity (Wildman–Crippen MR) is 147 cm³/mol. The van der Waals surface area contributed by atoms with E-state index in [1.807, 2.05) is 6.07 Å². The molecule has 5 amide bonds. The van der Waals surface area contributed by atoms with E-state index in [1.54, 1.807) is 42.3 Å². The Hall–Kier alpha value is -4.83. The number of likely N-dealkylation sites (N-methyl/N-ethyl adjacent to an activating group) is 1. The lowest BCUT2D eigenvalue weighted by molar-refractivity contribution is -0.122. The Morgan fingerprint density at radius 3 is 2.52 bits per heavy atom. The molecule has 0 spiro atoms. The number of hydrogen-bond donors (Lipinski definition) is 1. The second-order valence-electron chi connectivity index (χ2n) is 8.99. The van der Waals surface area contributed by atoms with Crippen LogP contribution in [0.15, 0.2) is 66.2 Å². The van der Waals surface area contributed by atoms with Crippen molar-refractivity contribution in [2.75, 3.05) is 32.4 Å². The van der Waals surface area contributed by atoms with Crippen molar-refractivity contribution < 1.29 is 33.4 Å². The normalized spacial score (nSPS) is 15.3. The summed E-state index contributed by atoms with van der Waals surface area (Å²) in [7, 11) is 3.12. The van der Waals surface area contributed by atoms with Crippen LogP contribution >= 0.6 is 11.6 Å². The van der Waals surface area contributed by atoms with E-state index in [-0.39, 0.29) is 29.7 Å². The maximum absolute atomic E-state index is 13.5. The van der Waals surface area contributed by atoms with Crippen molar-refractivity contribution in [3.05, 3.63) is 87.9 Å². The Balaban J connectivity index is 1.52. The molecule has 0 unspecified atom stereocenters. The fourth-order valence-corrected chi connectivity index (χ4v) is 4.59. The number of amides is 5. The van der Waals surface area contributed by atoms with E-state index in [2.05, 4.69) is 5.32 Å². The molecule has 0 saturated carbocycles. The third-order valence-corrected chi connectivity index (χ3v) is 6.76. The van der Waals surface area contributed by atoms with Crippen molar-refractivity contribution in [3.8, 4) is 17.2 Å². The number of methoxy groups -OCH3 is 1. The number of nitrogens with one attached hydrogen (secondary N) is 1. The number of rotatable bonds is 7. The average molecular weight is 562 g/mol. The fraction of sp³-hybridized carbons (Fsp3) is 0.172. The van der Waals surface area contributed by atoms with Gasteiger partial charge in [-0.15, -0.1) is 0 Å². The van der Waals surface area contributed by atoms with Gasteiger partial charge in [0.05, 0.1) is 12.8 Å². The molecule has 0 aliphatic carbocycles. The van der Waals surface area contributed by atoms with Gasteiger partial charge in [-0.05, 0) is 60.5 Å². The van der Waals surface area contributed by atoms with Crippen LogP contribution < -0.4 is 24.4 Å². The SMILES string of the molecule is COc1c(/C=C2/C(=O)NC(=O)N(c3ccc(Cl)cc3)C2=O)c(CCN(C)C(=O)c2ccccc2)cc2c1OCO2. The fourth-order valence-electron chi connectivity index (χ4n) is 4.46. The number of urea groups is 1. The van der Waals surface area contributed by atoms with Crippen LogP contribution in [0.1, 0.15) is 21.5 Å². The summed E-state index contributed by atoms with van der Waals surface area (Å²) in [6.07, 6.45) is 1.69. The molecule has 204 valence electrons. The van der Waals surface area contributed by atoms with E-state index < -0.39 is 17.8 Å². The number of halogens is 1. The highest BCUT2D eigenvalue weighted by atomic mass is 35.5. The molecule has 3 aromatic carbocycles. The first-order chi connectivity index (χ1) is 19.3. The Morgan fingerprint density at radius 1 is 1.10 bits per heavy atom. The van der Waals surface area contributed by atoms with Crippen molar-refractivity contribution in [1.29, 1.82) is 0 Å². The van der Waals surface area contributed by atoms with Crippen molar-refractivity contribution in [2.45, 2.75) is 6.42 Å². The van der Waals surface area contributed by atoms with Crippen molar-refractivity contribution in [2.24, 2.45) is 0 Å². The van der Waals surface area contributed by atoms with Gasteiger partial charge in [-0.2, -0.15) is 0 Å². The molecule has 11 heteroatoms. The highest BCUT2D eigenvalue weighted by Gasteiger charge is 2.37. The van der Waals surface area contributed by atoms with Crippen molar-refractivity contribution >= 4 is 47.1 Å². The Bertz CT molecular complexity index is 1540. The third-order valence-electron chi connectivity index (χ3n) is 6.51. The summed E-state index contributed by atoms with van der Waals surface area (Å²) in [6.45, 7) is 0.276. The molecule has 1 saturated heterocycles. The second kappa shape index (κ2) is 11.1. The molecule has 10 nitrogen and oxygen atoms in total. The van der Waals surface area contributed by atoms with Crippen LogP contribution in [0.25, 0.3) is 6.08 Å². The topological polar surface area (TPSA) is 114 Å². The molecule has 5 rings (SSSR count). The van der Waals surface area contributed by atoms with Gasteiger partial charge >= 0.3 is 6.03 Å². The molecule has 40 heavy (non-hydrogen) atoms. The molecule has 0 bridgehead atoms. The summed E-state index contributed by atoms with van der Waals surface area (Å²) < 4.78 is 16.8. The van der Waals surface area contributed by atoms with Gasteiger partial charge in [0, 0.05) is 29.7 Å². The minimum Gasteiger partial charge on any atom is -0.492 e. The molecule has 0 aromatic heterocycles. The highest BCUT2D eigenvalue weighted by molar-refractivity contribution is 6.39. The zero-order valence-electron chi connectivity index (χ0n) is 21.6. The number of fused-ring (bicyclic) bond motifs is 1. The maximum atomic E-state index is 13.5. The van der Waals surface area contributed by atoms with Crippen LogP contribution in [0.4, 0.5) is 10.5 Å². The van der Waals surface area contributed by atoms with Crippen LogP contribution in [0.5, 0.6) is 17.2 Å². The van der Waals surface area contributed by atoms with Gasteiger partial charge in [0.15, 0.2) is 11.5 Å². The minimum absolute atomic E-state index is 0.0319. The number of anilines is 1. The molecule has 2 heterocycles. The number of barbiturate groups is 1.